The maximum absolute atomic E-state index is 10.9. The van der Waals surface area contributed by atoms with Gasteiger partial charge >= 0.3 is 10.4 Å². The molecule has 1 atom stereocenters. The van der Waals surface area contributed by atoms with E-state index in [9.17, 15) is 8.42 Å². The maximum atomic E-state index is 10.9. The van der Waals surface area contributed by atoms with Gasteiger partial charge in [0.2, 0.25) is 0 Å². The van der Waals surface area contributed by atoms with E-state index in [4.69, 9.17) is 8.74 Å². The van der Waals surface area contributed by atoms with Crippen LogP contribution in [0.4, 0.5) is 0 Å². The zero-order valence-corrected chi connectivity index (χ0v) is 25.3. The Morgan fingerprint density at radius 3 is 0.972 bits per heavy atom. The number of hydrogen-bond acceptors (Lipinski definition) is 3. The molecular weight excluding hydrogens is 468 g/mol. The van der Waals surface area contributed by atoms with Crippen molar-refractivity contribution in [3.8, 4) is 0 Å². The van der Waals surface area contributed by atoms with Gasteiger partial charge in [-0.05, 0) is 18.8 Å². The summed E-state index contributed by atoms with van der Waals surface area (Å²) in [6.45, 7) is 4.63. The molecule has 0 spiro atoms. The van der Waals surface area contributed by atoms with E-state index in [-0.39, 0.29) is 12.5 Å². The second-order valence-corrected chi connectivity index (χ2v) is 12.4. The van der Waals surface area contributed by atoms with Crippen LogP contribution in [0.2, 0.25) is 0 Å². The number of hydrogen-bond donors (Lipinski definition) is 1. The lowest BCUT2D eigenvalue weighted by Gasteiger charge is -2.16. The SMILES string of the molecule is CCCCCCCCCCCCCCCCCCCCCCC(CCCCCCC)COS(=O)(=O)O. The third-order valence-corrected chi connectivity index (χ3v) is 8.07. The number of rotatable bonds is 30. The summed E-state index contributed by atoms with van der Waals surface area (Å²) in [6.07, 6.45) is 35.7. The van der Waals surface area contributed by atoms with Crippen LogP contribution in [0.5, 0.6) is 0 Å². The van der Waals surface area contributed by atoms with E-state index in [1.165, 1.54) is 148 Å². The molecule has 0 heterocycles. The first-order valence-corrected chi connectivity index (χ1v) is 17.5. The Morgan fingerprint density at radius 2 is 0.722 bits per heavy atom. The molecule has 1 unspecified atom stereocenters. The minimum Gasteiger partial charge on any atom is -0.264 e. The molecular formula is C31H64O4S. The molecule has 5 heteroatoms. The molecule has 0 rings (SSSR count). The third-order valence-electron chi connectivity index (χ3n) is 7.63. The van der Waals surface area contributed by atoms with Crippen LogP contribution in [0, 0.1) is 5.92 Å². The van der Waals surface area contributed by atoms with Crippen LogP contribution >= 0.6 is 0 Å². The van der Waals surface area contributed by atoms with Gasteiger partial charge in [-0.1, -0.05) is 174 Å². The summed E-state index contributed by atoms with van der Waals surface area (Å²) in [6, 6.07) is 0. The smallest absolute Gasteiger partial charge is 0.264 e. The zero-order valence-electron chi connectivity index (χ0n) is 24.5. The lowest BCUT2D eigenvalue weighted by Crippen LogP contribution is -2.14. The number of unbranched alkanes of at least 4 members (excludes halogenated alkanes) is 23. The first-order chi connectivity index (χ1) is 17.5. The van der Waals surface area contributed by atoms with E-state index >= 15 is 0 Å². The van der Waals surface area contributed by atoms with Gasteiger partial charge < -0.3 is 0 Å². The summed E-state index contributed by atoms with van der Waals surface area (Å²) in [5, 5.41) is 0. The van der Waals surface area contributed by atoms with Gasteiger partial charge in [-0.25, -0.2) is 4.18 Å². The average molecular weight is 533 g/mol. The van der Waals surface area contributed by atoms with E-state index in [0.29, 0.717) is 0 Å². The first-order valence-electron chi connectivity index (χ1n) is 16.1. The normalized spacial score (nSPS) is 12.9. The molecule has 1 N–H and O–H groups in total. The molecule has 0 saturated carbocycles. The summed E-state index contributed by atoms with van der Waals surface area (Å²) in [5.41, 5.74) is 0. The fourth-order valence-electron chi connectivity index (χ4n) is 5.22. The van der Waals surface area contributed by atoms with Crippen LogP contribution < -0.4 is 0 Å². The van der Waals surface area contributed by atoms with Gasteiger partial charge in [0.15, 0.2) is 0 Å². The lowest BCUT2D eigenvalue weighted by atomic mass is 9.95. The van der Waals surface area contributed by atoms with Crippen molar-refractivity contribution in [3.63, 3.8) is 0 Å². The summed E-state index contributed by atoms with van der Waals surface area (Å²) < 4.78 is 35.5. The second kappa shape index (κ2) is 27.9. The van der Waals surface area contributed by atoms with Crippen molar-refractivity contribution < 1.29 is 17.2 Å². The molecule has 0 aliphatic rings. The highest BCUT2D eigenvalue weighted by atomic mass is 32.3. The first kappa shape index (κ1) is 35.9. The predicted octanol–water partition coefficient (Wildman–Crippen LogP) is 11.0. The highest BCUT2D eigenvalue weighted by Gasteiger charge is 2.13. The molecule has 0 aromatic heterocycles. The predicted molar refractivity (Wildman–Crippen MR) is 157 cm³/mol. The summed E-state index contributed by atoms with van der Waals surface area (Å²) >= 11 is 0. The highest BCUT2D eigenvalue weighted by Crippen LogP contribution is 2.20. The molecule has 0 aliphatic heterocycles. The van der Waals surface area contributed by atoms with Gasteiger partial charge in [0, 0.05) is 0 Å². The van der Waals surface area contributed by atoms with E-state index in [1.807, 2.05) is 0 Å². The van der Waals surface area contributed by atoms with Crippen molar-refractivity contribution in [3.05, 3.63) is 0 Å². The van der Waals surface area contributed by atoms with Crippen LogP contribution in [0.1, 0.15) is 187 Å². The molecule has 0 radical (unpaired) electrons. The minimum atomic E-state index is -4.32. The molecule has 0 saturated heterocycles. The van der Waals surface area contributed by atoms with Crippen molar-refractivity contribution in [2.24, 2.45) is 5.92 Å². The largest absolute Gasteiger partial charge is 0.397 e. The average Bonchev–Trinajstić information content (AvgIpc) is 2.84. The van der Waals surface area contributed by atoms with Crippen molar-refractivity contribution >= 4 is 10.4 Å². The van der Waals surface area contributed by atoms with Crippen LogP contribution in [0.3, 0.4) is 0 Å². The second-order valence-electron chi connectivity index (χ2n) is 11.3. The Balaban J connectivity index is 3.48. The van der Waals surface area contributed by atoms with Crippen LogP contribution in [0.15, 0.2) is 0 Å². The fourth-order valence-corrected chi connectivity index (χ4v) is 5.58. The molecule has 218 valence electrons. The van der Waals surface area contributed by atoms with Gasteiger partial charge in [-0.15, -0.1) is 0 Å². The molecule has 0 aromatic rings. The lowest BCUT2D eigenvalue weighted by molar-refractivity contribution is 0.204. The fraction of sp³-hybridized carbons (Fsp3) is 1.00. The summed E-state index contributed by atoms with van der Waals surface area (Å²) in [7, 11) is -4.32. The Morgan fingerprint density at radius 1 is 0.472 bits per heavy atom. The maximum Gasteiger partial charge on any atom is 0.397 e. The van der Waals surface area contributed by atoms with Crippen molar-refractivity contribution in [2.75, 3.05) is 6.61 Å². The van der Waals surface area contributed by atoms with Gasteiger partial charge in [0.25, 0.3) is 0 Å². The zero-order chi connectivity index (χ0) is 26.6. The van der Waals surface area contributed by atoms with E-state index in [1.54, 1.807) is 0 Å². The van der Waals surface area contributed by atoms with Crippen LogP contribution in [0.25, 0.3) is 0 Å². The Hall–Kier alpha value is -0.130. The molecule has 36 heavy (non-hydrogen) atoms. The van der Waals surface area contributed by atoms with Gasteiger partial charge in [-0.3, -0.25) is 4.55 Å². The van der Waals surface area contributed by atoms with Gasteiger partial charge in [0.05, 0.1) is 6.61 Å². The van der Waals surface area contributed by atoms with Crippen LogP contribution in [-0.2, 0) is 14.6 Å². The molecule has 0 fully saturated rings. The summed E-state index contributed by atoms with van der Waals surface area (Å²) in [5.74, 6) is 0.240. The Kier molecular flexibility index (Phi) is 27.8. The highest BCUT2D eigenvalue weighted by molar-refractivity contribution is 7.80. The van der Waals surface area contributed by atoms with Crippen molar-refractivity contribution in [1.82, 2.24) is 0 Å². The molecule has 0 aromatic carbocycles. The molecule has 4 nitrogen and oxygen atoms in total. The molecule has 0 amide bonds. The minimum absolute atomic E-state index is 0.131. The standard InChI is InChI=1S/C31H64O4S/c1-3-5-7-9-10-11-12-13-14-15-16-17-18-19-20-21-22-23-25-27-29-31(30-35-36(32,33)34)28-26-24-8-6-4-2/h31H,3-30H2,1-2H3,(H,32,33,34). The summed E-state index contributed by atoms with van der Waals surface area (Å²) in [4.78, 5) is 0. The van der Waals surface area contributed by atoms with Gasteiger partial charge in [-0.2, -0.15) is 8.42 Å². The van der Waals surface area contributed by atoms with E-state index in [2.05, 4.69) is 13.8 Å². The third kappa shape index (κ3) is 30.1. The molecule has 0 aliphatic carbocycles. The Bertz CT molecular complexity index is 521. The van der Waals surface area contributed by atoms with E-state index < -0.39 is 10.4 Å². The van der Waals surface area contributed by atoms with Gasteiger partial charge in [0.1, 0.15) is 0 Å². The topological polar surface area (TPSA) is 63.6 Å². The molecule has 0 bridgehead atoms. The quantitative estimate of drug-likeness (QED) is 0.0738. The van der Waals surface area contributed by atoms with E-state index in [0.717, 1.165) is 25.7 Å². The van der Waals surface area contributed by atoms with Crippen molar-refractivity contribution in [1.29, 1.82) is 0 Å². The van der Waals surface area contributed by atoms with Crippen molar-refractivity contribution in [2.45, 2.75) is 187 Å². The monoisotopic (exact) mass is 532 g/mol. The van der Waals surface area contributed by atoms with Crippen LogP contribution in [-0.4, -0.2) is 19.6 Å². The Labute approximate surface area is 227 Å².